The van der Waals surface area contributed by atoms with E-state index in [1.807, 2.05) is 60.5 Å². The number of benzene rings is 2. The molecule has 0 spiro atoms. The van der Waals surface area contributed by atoms with Crippen LogP contribution in [-0.2, 0) is 0 Å². The number of carbonyl (C=O) groups is 2. The monoisotopic (exact) mass is 474 g/mol. The first-order valence-corrected chi connectivity index (χ1v) is 12.9. The number of fused-ring (bicyclic) bond motifs is 3. The molecule has 0 unspecified atom stereocenters. The van der Waals surface area contributed by atoms with E-state index in [1.54, 1.807) is 4.90 Å². The Balaban J connectivity index is 1.50. The fraction of sp³-hybridized carbons (Fsp3) is 0.464. The summed E-state index contributed by atoms with van der Waals surface area (Å²) < 4.78 is 6.58. The molecular weight excluding hydrogens is 440 g/mol. The number of hydrogen-bond donors (Lipinski definition) is 1. The van der Waals surface area contributed by atoms with Gasteiger partial charge in [-0.2, -0.15) is 5.10 Å². The van der Waals surface area contributed by atoms with E-state index in [1.165, 1.54) is 0 Å². The van der Waals surface area contributed by atoms with Crippen molar-refractivity contribution in [3.8, 4) is 5.75 Å². The lowest BCUT2D eigenvalue weighted by Crippen LogP contribution is -2.51. The van der Waals surface area contributed by atoms with Gasteiger partial charge in [-0.25, -0.2) is 0 Å². The highest BCUT2D eigenvalue weighted by Crippen LogP contribution is 2.31. The molecular formula is C28H34N4O3. The largest absolute Gasteiger partial charge is 0.487 e. The van der Waals surface area contributed by atoms with Crippen LogP contribution in [0.4, 0.5) is 0 Å². The molecule has 5 rings (SSSR count). The van der Waals surface area contributed by atoms with E-state index in [2.05, 4.69) is 10.2 Å². The molecule has 184 valence electrons. The van der Waals surface area contributed by atoms with Gasteiger partial charge in [-0.05, 0) is 50.3 Å². The predicted molar refractivity (Wildman–Crippen MR) is 136 cm³/mol. The van der Waals surface area contributed by atoms with Crippen molar-refractivity contribution in [2.24, 2.45) is 0 Å². The number of ether oxygens (including phenoxy) is 1. The number of amides is 2. The molecule has 2 heterocycles. The van der Waals surface area contributed by atoms with Crippen molar-refractivity contribution in [1.82, 2.24) is 20.0 Å². The Hall–Kier alpha value is -3.35. The molecule has 1 saturated carbocycles. The number of aromatic amines is 1. The molecule has 1 N–H and O–H groups in total. The maximum Gasteiger partial charge on any atom is 0.275 e. The number of para-hydroxylation sites is 2. The van der Waals surface area contributed by atoms with Crippen molar-refractivity contribution in [2.45, 2.75) is 63.5 Å². The Morgan fingerprint density at radius 3 is 2.57 bits per heavy atom. The van der Waals surface area contributed by atoms with Gasteiger partial charge in [0.15, 0.2) is 5.69 Å². The van der Waals surface area contributed by atoms with Gasteiger partial charge in [0.25, 0.3) is 11.8 Å². The third-order valence-electron chi connectivity index (χ3n) is 7.39. The van der Waals surface area contributed by atoms with Crippen LogP contribution in [0.5, 0.6) is 5.75 Å². The van der Waals surface area contributed by atoms with Crippen molar-refractivity contribution in [2.75, 3.05) is 20.1 Å². The van der Waals surface area contributed by atoms with E-state index < -0.39 is 0 Å². The summed E-state index contributed by atoms with van der Waals surface area (Å²) >= 11 is 0. The van der Waals surface area contributed by atoms with Crippen LogP contribution in [0.3, 0.4) is 0 Å². The van der Waals surface area contributed by atoms with E-state index in [0.29, 0.717) is 30.1 Å². The summed E-state index contributed by atoms with van der Waals surface area (Å²) in [6.45, 7) is 1.39. The molecule has 1 aliphatic carbocycles. The van der Waals surface area contributed by atoms with Crippen LogP contribution in [0, 0.1) is 0 Å². The first-order chi connectivity index (χ1) is 17.1. The smallest absolute Gasteiger partial charge is 0.275 e. The van der Waals surface area contributed by atoms with Crippen LogP contribution in [-0.4, -0.2) is 64.1 Å². The maximum absolute atomic E-state index is 13.9. The molecule has 1 fully saturated rings. The van der Waals surface area contributed by atoms with E-state index in [9.17, 15) is 9.59 Å². The Morgan fingerprint density at radius 2 is 1.69 bits per heavy atom. The number of aromatic nitrogens is 2. The van der Waals surface area contributed by atoms with E-state index in [-0.39, 0.29) is 24.0 Å². The molecule has 7 heteroatoms. The minimum Gasteiger partial charge on any atom is -0.487 e. The average Bonchev–Trinajstić information content (AvgIpc) is 3.32. The van der Waals surface area contributed by atoms with Crippen LogP contribution < -0.4 is 4.74 Å². The Bertz CT molecular complexity index is 1190. The zero-order valence-corrected chi connectivity index (χ0v) is 20.4. The number of nitrogens with zero attached hydrogens (tertiary/aromatic N) is 3. The fourth-order valence-corrected chi connectivity index (χ4v) is 5.45. The van der Waals surface area contributed by atoms with Gasteiger partial charge in [-0.3, -0.25) is 14.7 Å². The zero-order valence-electron chi connectivity index (χ0n) is 20.4. The van der Waals surface area contributed by atoms with E-state index in [4.69, 9.17) is 4.74 Å². The van der Waals surface area contributed by atoms with Gasteiger partial charge in [0, 0.05) is 25.5 Å². The SMILES string of the molecule is CN1CCCCCCN(C(=O)c2n[nH]c3ccccc23)[C@@H]2CCCC[C@@H]2Oc2ccccc2C1=O. The van der Waals surface area contributed by atoms with Crippen molar-refractivity contribution < 1.29 is 14.3 Å². The summed E-state index contributed by atoms with van der Waals surface area (Å²) in [6, 6.07) is 15.2. The Labute approximate surface area is 206 Å². The lowest BCUT2D eigenvalue weighted by atomic mass is 9.90. The maximum atomic E-state index is 13.9. The van der Waals surface area contributed by atoms with Gasteiger partial charge in [-0.1, -0.05) is 49.6 Å². The minimum atomic E-state index is -0.167. The third kappa shape index (κ3) is 4.90. The standard InChI is InChI=1S/C28H34N4O3/c1-31-18-10-2-3-11-19-32(28(34)26-20-12-4-6-14-22(20)29-30-26)23-15-7-9-17-25(23)35-24-16-8-5-13-21(24)27(31)33/h4-6,8,12-14,16,23,25H,2-3,7,9-11,15,17-19H2,1H3,(H,29,30)/t23-,25+/m1/s1. The normalized spacial score (nSPS) is 22.1. The third-order valence-corrected chi connectivity index (χ3v) is 7.39. The van der Waals surface area contributed by atoms with Crippen LogP contribution in [0.25, 0.3) is 10.9 Å². The second kappa shape index (κ2) is 10.5. The van der Waals surface area contributed by atoms with Gasteiger partial charge in [0.05, 0.1) is 17.1 Å². The number of carbonyl (C=O) groups excluding carboxylic acids is 2. The molecule has 7 nitrogen and oxygen atoms in total. The minimum absolute atomic E-state index is 0.0130. The summed E-state index contributed by atoms with van der Waals surface area (Å²) in [5.74, 6) is 0.552. The quantitative estimate of drug-likeness (QED) is 0.536. The summed E-state index contributed by atoms with van der Waals surface area (Å²) in [5, 5.41) is 8.28. The summed E-state index contributed by atoms with van der Waals surface area (Å²) in [5.41, 5.74) is 1.93. The van der Waals surface area contributed by atoms with Crippen LogP contribution >= 0.6 is 0 Å². The van der Waals surface area contributed by atoms with Gasteiger partial charge in [0.1, 0.15) is 11.9 Å². The fourth-order valence-electron chi connectivity index (χ4n) is 5.45. The molecule has 0 bridgehead atoms. The topological polar surface area (TPSA) is 78.5 Å². The first-order valence-electron chi connectivity index (χ1n) is 12.9. The van der Waals surface area contributed by atoms with Crippen molar-refractivity contribution in [1.29, 1.82) is 0 Å². The molecule has 3 aromatic rings. The lowest BCUT2D eigenvalue weighted by Gasteiger charge is -2.40. The van der Waals surface area contributed by atoms with Gasteiger partial charge in [-0.15, -0.1) is 0 Å². The molecule has 1 aliphatic heterocycles. The van der Waals surface area contributed by atoms with E-state index in [0.717, 1.165) is 62.3 Å². The Morgan fingerprint density at radius 1 is 0.943 bits per heavy atom. The first kappa shape index (κ1) is 23.4. The Kier molecular flexibility index (Phi) is 7.02. The average molecular weight is 475 g/mol. The molecule has 2 aromatic carbocycles. The van der Waals surface area contributed by atoms with Crippen LogP contribution in [0.1, 0.15) is 72.2 Å². The number of H-pyrrole nitrogens is 1. The highest BCUT2D eigenvalue weighted by molar-refractivity contribution is 6.04. The van der Waals surface area contributed by atoms with Crippen LogP contribution in [0.15, 0.2) is 48.5 Å². The zero-order chi connectivity index (χ0) is 24.2. The highest BCUT2D eigenvalue weighted by atomic mass is 16.5. The van der Waals surface area contributed by atoms with Crippen molar-refractivity contribution >= 4 is 22.7 Å². The molecule has 2 atom stereocenters. The van der Waals surface area contributed by atoms with Gasteiger partial charge in [0.2, 0.25) is 0 Å². The second-order valence-electron chi connectivity index (χ2n) is 9.76. The molecule has 0 radical (unpaired) electrons. The molecule has 1 aromatic heterocycles. The summed E-state index contributed by atoms with van der Waals surface area (Å²) in [4.78, 5) is 30.9. The van der Waals surface area contributed by atoms with Gasteiger partial charge >= 0.3 is 0 Å². The number of rotatable bonds is 1. The van der Waals surface area contributed by atoms with E-state index >= 15 is 0 Å². The molecule has 2 amide bonds. The van der Waals surface area contributed by atoms with Crippen LogP contribution in [0.2, 0.25) is 0 Å². The van der Waals surface area contributed by atoms with Crippen molar-refractivity contribution in [3.05, 3.63) is 59.8 Å². The highest BCUT2D eigenvalue weighted by Gasteiger charge is 2.36. The van der Waals surface area contributed by atoms with Crippen molar-refractivity contribution in [3.63, 3.8) is 0 Å². The summed E-state index contributed by atoms with van der Waals surface area (Å²) in [7, 11) is 1.86. The second-order valence-corrected chi connectivity index (χ2v) is 9.76. The number of hydrogen-bond acceptors (Lipinski definition) is 4. The predicted octanol–water partition coefficient (Wildman–Crippen LogP) is 5.04. The molecule has 0 saturated heterocycles. The molecule has 2 aliphatic rings. The molecule has 35 heavy (non-hydrogen) atoms. The lowest BCUT2D eigenvalue weighted by molar-refractivity contribution is 0.0265. The number of nitrogens with one attached hydrogen (secondary N) is 1. The van der Waals surface area contributed by atoms with Gasteiger partial charge < -0.3 is 14.5 Å². The summed E-state index contributed by atoms with van der Waals surface area (Å²) in [6.07, 6.45) is 7.58.